The van der Waals surface area contributed by atoms with Crippen molar-refractivity contribution in [3.05, 3.63) is 0 Å². The first-order chi connectivity index (χ1) is 26.5. The van der Waals surface area contributed by atoms with E-state index in [1.807, 2.05) is 9.80 Å². The molecule has 54 heavy (non-hydrogen) atoms. The summed E-state index contributed by atoms with van der Waals surface area (Å²) in [5.74, 6) is -0.887. The van der Waals surface area contributed by atoms with E-state index in [1.165, 1.54) is 135 Å². The molecule has 0 aliphatic rings. The third-order valence-corrected chi connectivity index (χ3v) is 10.2. The summed E-state index contributed by atoms with van der Waals surface area (Å²) in [4.78, 5) is 42.1. The van der Waals surface area contributed by atoms with E-state index in [9.17, 15) is 19.5 Å². The van der Waals surface area contributed by atoms with E-state index >= 15 is 0 Å². The highest BCUT2D eigenvalue weighted by atomic mass is 16.5. The van der Waals surface area contributed by atoms with Gasteiger partial charge in [0, 0.05) is 19.7 Å². The van der Waals surface area contributed by atoms with Gasteiger partial charge in [0.25, 0.3) is 0 Å². The molecule has 0 radical (unpaired) electrons. The maximum absolute atomic E-state index is 12.8. The highest BCUT2D eigenvalue weighted by Gasteiger charge is 2.18. The second-order valence-electron chi connectivity index (χ2n) is 15.6. The monoisotopic (exact) mass is 769 g/mol. The van der Waals surface area contributed by atoms with Crippen LogP contribution < -0.4 is 0 Å². The first-order valence-electron chi connectivity index (χ1n) is 23.0. The molecule has 0 unspecified atom stereocenters. The summed E-state index contributed by atoms with van der Waals surface area (Å²) in [5.41, 5.74) is 0. The smallest absolute Gasteiger partial charge is 0.320 e. The van der Waals surface area contributed by atoms with Gasteiger partial charge in [-0.05, 0) is 38.6 Å². The van der Waals surface area contributed by atoms with E-state index in [2.05, 4.69) is 20.8 Å². The van der Waals surface area contributed by atoms with Crippen molar-refractivity contribution in [2.24, 2.45) is 0 Å². The molecule has 9 nitrogen and oxygen atoms in total. The summed E-state index contributed by atoms with van der Waals surface area (Å²) in [5, 5.41) is 9.45. The summed E-state index contributed by atoms with van der Waals surface area (Å²) in [7, 11) is 0. The lowest BCUT2D eigenvalue weighted by molar-refractivity contribution is -0.149. The molecule has 0 aromatic heterocycles. The number of unbranched alkanes of at least 4 members (excludes halogenated alkanes) is 24. The van der Waals surface area contributed by atoms with E-state index in [0.29, 0.717) is 52.3 Å². The summed E-state index contributed by atoms with van der Waals surface area (Å²) < 4.78 is 16.7. The molecule has 0 bridgehead atoms. The summed E-state index contributed by atoms with van der Waals surface area (Å²) in [6, 6.07) is 0. The minimum absolute atomic E-state index is 0.0297. The number of hydrogen-bond donors (Lipinski definition) is 1. The molecule has 0 spiro atoms. The van der Waals surface area contributed by atoms with Gasteiger partial charge < -0.3 is 19.3 Å². The first kappa shape index (κ1) is 52.3. The van der Waals surface area contributed by atoms with Crippen molar-refractivity contribution in [3.63, 3.8) is 0 Å². The Hall–Kier alpha value is -1.71. The highest BCUT2D eigenvalue weighted by molar-refractivity contribution is 5.75. The van der Waals surface area contributed by atoms with Crippen molar-refractivity contribution < 1.29 is 33.7 Å². The molecule has 0 aliphatic carbocycles. The van der Waals surface area contributed by atoms with Crippen LogP contribution in [0, 0.1) is 0 Å². The minimum Gasteiger partial charge on any atom is -0.465 e. The molecule has 320 valence electrons. The quantitative estimate of drug-likeness (QED) is 0.0369. The SMILES string of the molecule is CCCCCCCCCCCOC(=O)CN(CCCO)CCCN(CC(=O)OCCCCCCCCCCC)CC(=O)OCCCCCCCCCCC. The second-order valence-corrected chi connectivity index (χ2v) is 15.6. The van der Waals surface area contributed by atoms with E-state index in [1.54, 1.807) is 0 Å². The van der Waals surface area contributed by atoms with Crippen LogP contribution in [0.1, 0.15) is 207 Å². The normalized spacial score (nSPS) is 11.4. The number of esters is 3. The lowest BCUT2D eigenvalue weighted by Crippen LogP contribution is -2.39. The van der Waals surface area contributed by atoms with E-state index in [4.69, 9.17) is 14.2 Å². The van der Waals surface area contributed by atoms with Crippen LogP contribution in [0.5, 0.6) is 0 Å². The molecule has 0 saturated heterocycles. The molecule has 0 amide bonds. The van der Waals surface area contributed by atoms with Crippen LogP contribution in [-0.4, -0.2) is 98.5 Å². The van der Waals surface area contributed by atoms with Gasteiger partial charge in [-0.2, -0.15) is 0 Å². The van der Waals surface area contributed by atoms with Crippen LogP contribution in [0.25, 0.3) is 0 Å². The van der Waals surface area contributed by atoms with E-state index < -0.39 is 0 Å². The molecule has 1 N–H and O–H groups in total. The Morgan fingerprint density at radius 1 is 0.352 bits per heavy atom. The van der Waals surface area contributed by atoms with Gasteiger partial charge in [-0.15, -0.1) is 0 Å². The van der Waals surface area contributed by atoms with Gasteiger partial charge in [0.15, 0.2) is 0 Å². The van der Waals surface area contributed by atoms with Crippen molar-refractivity contribution >= 4 is 17.9 Å². The Labute approximate surface area is 333 Å². The zero-order chi connectivity index (χ0) is 39.6. The third kappa shape index (κ3) is 38.6. The van der Waals surface area contributed by atoms with Gasteiger partial charge in [-0.1, -0.05) is 175 Å². The molecular weight excluding hydrogens is 681 g/mol. The van der Waals surface area contributed by atoms with Crippen LogP contribution in [0.3, 0.4) is 0 Å². The van der Waals surface area contributed by atoms with Gasteiger partial charge in [0.2, 0.25) is 0 Å². The molecule has 0 rings (SSSR count). The number of carbonyl (C=O) groups is 3. The van der Waals surface area contributed by atoms with Crippen LogP contribution >= 0.6 is 0 Å². The molecule has 0 saturated carbocycles. The lowest BCUT2D eigenvalue weighted by Gasteiger charge is -2.24. The fourth-order valence-electron chi connectivity index (χ4n) is 6.78. The predicted molar refractivity (Wildman–Crippen MR) is 224 cm³/mol. The van der Waals surface area contributed by atoms with E-state index in [0.717, 1.165) is 38.5 Å². The van der Waals surface area contributed by atoms with Crippen LogP contribution in [0.2, 0.25) is 0 Å². The third-order valence-electron chi connectivity index (χ3n) is 10.2. The topological polar surface area (TPSA) is 106 Å². The maximum Gasteiger partial charge on any atom is 0.320 e. The van der Waals surface area contributed by atoms with E-state index in [-0.39, 0.29) is 44.1 Å². The van der Waals surface area contributed by atoms with Crippen molar-refractivity contribution in [1.82, 2.24) is 9.80 Å². The van der Waals surface area contributed by atoms with Gasteiger partial charge in [-0.25, -0.2) is 0 Å². The van der Waals surface area contributed by atoms with Gasteiger partial charge >= 0.3 is 17.9 Å². The Balaban J connectivity index is 4.71. The average Bonchev–Trinajstić information content (AvgIpc) is 3.15. The number of aliphatic hydroxyl groups excluding tert-OH is 1. The van der Waals surface area contributed by atoms with Gasteiger partial charge in [-0.3, -0.25) is 24.2 Å². The molecule has 0 aromatic carbocycles. The largest absolute Gasteiger partial charge is 0.465 e. The van der Waals surface area contributed by atoms with Crippen molar-refractivity contribution in [3.8, 4) is 0 Å². The van der Waals surface area contributed by atoms with Crippen molar-refractivity contribution in [1.29, 1.82) is 0 Å². The lowest BCUT2D eigenvalue weighted by atomic mass is 10.1. The molecule has 0 heterocycles. The Kier molecular flexibility index (Phi) is 41.1. The van der Waals surface area contributed by atoms with Crippen molar-refractivity contribution in [2.75, 3.05) is 65.7 Å². The zero-order valence-corrected chi connectivity index (χ0v) is 35.9. The standard InChI is InChI=1S/C45H88N2O7/c1-4-7-10-13-16-19-22-25-28-37-52-43(49)40-46(35-32-36-48)33-31-34-47(41-44(50)53-38-29-26-23-20-17-14-11-8-5-2)42-45(51)54-39-30-27-24-21-18-15-12-9-6-3/h48H,4-42H2,1-3H3. The fourth-order valence-corrected chi connectivity index (χ4v) is 6.78. The number of rotatable bonds is 43. The van der Waals surface area contributed by atoms with Crippen LogP contribution in [0.15, 0.2) is 0 Å². The Morgan fingerprint density at radius 2 is 0.611 bits per heavy atom. The van der Waals surface area contributed by atoms with Crippen LogP contribution in [0.4, 0.5) is 0 Å². The summed E-state index contributed by atoms with van der Waals surface area (Å²) in [6.45, 7) is 9.89. The fraction of sp³-hybridized carbons (Fsp3) is 0.933. The second kappa shape index (κ2) is 42.4. The number of ether oxygens (including phenoxy) is 3. The van der Waals surface area contributed by atoms with Crippen molar-refractivity contribution in [2.45, 2.75) is 207 Å². The number of nitrogens with zero attached hydrogens (tertiary/aromatic N) is 2. The number of aliphatic hydroxyl groups is 1. The maximum atomic E-state index is 12.8. The first-order valence-corrected chi connectivity index (χ1v) is 23.0. The zero-order valence-electron chi connectivity index (χ0n) is 35.9. The highest BCUT2D eigenvalue weighted by Crippen LogP contribution is 2.12. The molecule has 0 aromatic rings. The minimum atomic E-state index is -0.321. The number of carbonyl (C=O) groups excluding carboxylic acids is 3. The average molecular weight is 769 g/mol. The van der Waals surface area contributed by atoms with Gasteiger partial charge in [0.1, 0.15) is 0 Å². The number of hydrogen-bond acceptors (Lipinski definition) is 9. The van der Waals surface area contributed by atoms with Crippen LogP contribution in [-0.2, 0) is 28.6 Å². The molecular formula is C45H88N2O7. The molecule has 0 aliphatic heterocycles. The Morgan fingerprint density at radius 3 is 0.926 bits per heavy atom. The predicted octanol–water partition coefficient (Wildman–Crippen LogP) is 10.6. The molecule has 0 fully saturated rings. The summed E-state index contributed by atoms with van der Waals surface area (Å²) >= 11 is 0. The molecule has 0 atom stereocenters. The van der Waals surface area contributed by atoms with Gasteiger partial charge in [0.05, 0.1) is 39.5 Å². The molecule has 9 heteroatoms. The Bertz CT molecular complexity index is 790. The summed E-state index contributed by atoms with van der Waals surface area (Å²) in [6.07, 6.45) is 33.8.